The summed E-state index contributed by atoms with van der Waals surface area (Å²) in [5.74, 6) is -1.15. The second kappa shape index (κ2) is 8.34. The van der Waals surface area contributed by atoms with Gasteiger partial charge < -0.3 is 20.1 Å². The molecule has 0 saturated carbocycles. The summed E-state index contributed by atoms with van der Waals surface area (Å²) < 4.78 is 59.4. The SMILES string of the molecule is CCCC1(C)C2CCN([C@@H]3O[C@H]([C@H](O)c4ccc(F)c(C(F)(F)F)c4)[C@@](C)(O)[C@H]3O)C2N2CN1C2. The second-order valence-corrected chi connectivity index (χ2v) is 10.9. The smallest absolute Gasteiger partial charge is 0.386 e. The summed E-state index contributed by atoms with van der Waals surface area (Å²) in [6.45, 7) is 7.96. The van der Waals surface area contributed by atoms with Crippen molar-refractivity contribution in [3.8, 4) is 0 Å². The third-order valence-corrected chi connectivity index (χ3v) is 8.74. The molecule has 5 saturated heterocycles. The average molecular weight is 504 g/mol. The van der Waals surface area contributed by atoms with Crippen LogP contribution in [-0.4, -0.2) is 85.6 Å². The van der Waals surface area contributed by atoms with Crippen LogP contribution in [0.2, 0.25) is 0 Å². The van der Waals surface area contributed by atoms with E-state index in [2.05, 4.69) is 23.6 Å². The minimum Gasteiger partial charge on any atom is -0.386 e. The maximum atomic E-state index is 13.8. The molecule has 6 rings (SSSR count). The van der Waals surface area contributed by atoms with E-state index in [0.29, 0.717) is 24.6 Å². The Bertz CT molecular complexity index is 973. The monoisotopic (exact) mass is 503 g/mol. The van der Waals surface area contributed by atoms with Crippen molar-refractivity contribution >= 4 is 0 Å². The number of rotatable bonds is 5. The molecule has 1 aromatic rings. The topological polar surface area (TPSA) is 79.6 Å². The Morgan fingerprint density at radius 3 is 2.54 bits per heavy atom. The summed E-state index contributed by atoms with van der Waals surface area (Å²) in [5, 5.41) is 33.2. The lowest BCUT2D eigenvalue weighted by molar-refractivity contribution is -0.251. The molecule has 0 aromatic heterocycles. The highest BCUT2D eigenvalue weighted by Gasteiger charge is 2.64. The summed E-state index contributed by atoms with van der Waals surface area (Å²) in [6, 6.07) is 2.19. The van der Waals surface area contributed by atoms with Crippen molar-refractivity contribution in [1.82, 2.24) is 14.7 Å². The Labute approximate surface area is 201 Å². The highest BCUT2D eigenvalue weighted by Crippen LogP contribution is 2.51. The normalized spacial score (nSPS) is 44.2. The molecule has 5 heterocycles. The zero-order valence-electron chi connectivity index (χ0n) is 20.0. The summed E-state index contributed by atoms with van der Waals surface area (Å²) in [5.41, 5.74) is -3.69. The van der Waals surface area contributed by atoms with Crippen molar-refractivity contribution in [2.45, 2.75) is 88.1 Å². The molecule has 3 N–H and O–H groups in total. The first-order chi connectivity index (χ1) is 16.3. The summed E-state index contributed by atoms with van der Waals surface area (Å²) >= 11 is 0. The Morgan fingerprint density at radius 2 is 1.91 bits per heavy atom. The van der Waals surface area contributed by atoms with E-state index < -0.39 is 47.7 Å². The number of nitrogens with zero attached hydrogens (tertiary/aromatic N) is 3. The Morgan fingerprint density at radius 1 is 1.23 bits per heavy atom. The summed E-state index contributed by atoms with van der Waals surface area (Å²) in [7, 11) is 0. The van der Waals surface area contributed by atoms with Crippen LogP contribution in [0.4, 0.5) is 17.6 Å². The van der Waals surface area contributed by atoms with Crippen molar-refractivity contribution in [2.24, 2.45) is 5.92 Å². The minimum atomic E-state index is -4.94. The first kappa shape index (κ1) is 25.3. The predicted octanol–water partition coefficient (Wildman–Crippen LogP) is 2.47. The molecule has 0 radical (unpaired) electrons. The zero-order valence-corrected chi connectivity index (χ0v) is 20.0. The minimum absolute atomic E-state index is 0.00875. The van der Waals surface area contributed by atoms with Crippen LogP contribution in [0.1, 0.15) is 57.3 Å². The molecule has 2 bridgehead atoms. The molecule has 8 atom stereocenters. The lowest BCUT2D eigenvalue weighted by Gasteiger charge is -2.65. The molecule has 5 aliphatic rings. The molecule has 35 heavy (non-hydrogen) atoms. The van der Waals surface area contributed by atoms with Gasteiger partial charge in [-0.1, -0.05) is 19.4 Å². The average Bonchev–Trinajstić information content (AvgIpc) is 3.27. The number of alkyl halides is 3. The van der Waals surface area contributed by atoms with Gasteiger partial charge >= 0.3 is 6.18 Å². The summed E-state index contributed by atoms with van der Waals surface area (Å²) in [4.78, 5) is 6.77. The third kappa shape index (κ3) is 3.74. The van der Waals surface area contributed by atoms with Crippen LogP contribution in [-0.2, 0) is 10.9 Å². The van der Waals surface area contributed by atoms with Crippen molar-refractivity contribution < 1.29 is 37.6 Å². The lowest BCUT2D eigenvalue weighted by Crippen LogP contribution is -2.78. The fraction of sp³-hybridized carbons (Fsp3) is 0.750. The molecule has 3 unspecified atom stereocenters. The van der Waals surface area contributed by atoms with Gasteiger partial charge in [0.15, 0.2) is 0 Å². The van der Waals surface area contributed by atoms with Crippen molar-refractivity contribution in [3.05, 3.63) is 35.1 Å². The Kier molecular flexibility index (Phi) is 6.03. The predicted molar refractivity (Wildman–Crippen MR) is 117 cm³/mol. The molecule has 0 aliphatic carbocycles. The Hall–Kier alpha value is -1.34. The van der Waals surface area contributed by atoms with Gasteiger partial charge in [0.05, 0.1) is 25.1 Å². The van der Waals surface area contributed by atoms with E-state index in [0.717, 1.165) is 38.7 Å². The molecule has 11 heteroatoms. The van der Waals surface area contributed by atoms with Crippen molar-refractivity contribution in [1.29, 1.82) is 0 Å². The largest absolute Gasteiger partial charge is 0.419 e. The van der Waals surface area contributed by atoms with Crippen molar-refractivity contribution in [2.75, 3.05) is 19.9 Å². The molecular weight excluding hydrogens is 470 g/mol. The van der Waals surface area contributed by atoms with E-state index in [4.69, 9.17) is 4.74 Å². The second-order valence-electron chi connectivity index (χ2n) is 10.9. The molecule has 1 aromatic carbocycles. The van der Waals surface area contributed by atoms with Gasteiger partial charge in [0, 0.05) is 18.0 Å². The standard InChI is InChI=1S/C24H33F4N3O4/c1-4-8-22(2)14-7-9-31(20(14)29-11-30(22)12-29)21-18(33)23(3,34)19(35-21)17(32)13-5-6-16(25)15(10-13)24(26,27)28/h5-6,10,14,17-21,32-34H,4,7-9,11-12H2,1-3H3/t14?,17-,18+,19-,20?,21-,22?,23+/m1/s1. The third-order valence-electron chi connectivity index (χ3n) is 8.74. The fourth-order valence-corrected chi connectivity index (χ4v) is 6.74. The molecule has 196 valence electrons. The summed E-state index contributed by atoms with van der Waals surface area (Å²) in [6.07, 6.45) is -7.46. The number of aliphatic hydroxyl groups is 3. The van der Waals surface area contributed by atoms with Crippen LogP contribution in [0.15, 0.2) is 18.2 Å². The number of ether oxygens (including phenoxy) is 1. The van der Waals surface area contributed by atoms with Gasteiger partial charge in [0.2, 0.25) is 0 Å². The van der Waals surface area contributed by atoms with Crippen LogP contribution >= 0.6 is 0 Å². The maximum Gasteiger partial charge on any atom is 0.419 e. The van der Waals surface area contributed by atoms with Crippen LogP contribution < -0.4 is 0 Å². The van der Waals surface area contributed by atoms with Gasteiger partial charge in [-0.3, -0.25) is 14.7 Å². The van der Waals surface area contributed by atoms with Gasteiger partial charge in [-0.05, 0) is 44.4 Å². The number of aliphatic hydroxyl groups excluding tert-OH is 2. The molecule has 5 aliphatic heterocycles. The highest BCUT2D eigenvalue weighted by molar-refractivity contribution is 5.30. The van der Waals surface area contributed by atoms with Crippen molar-refractivity contribution in [3.63, 3.8) is 0 Å². The first-order valence-electron chi connectivity index (χ1n) is 12.2. The van der Waals surface area contributed by atoms with E-state index in [9.17, 15) is 32.9 Å². The zero-order chi connectivity index (χ0) is 25.5. The van der Waals surface area contributed by atoms with E-state index >= 15 is 0 Å². The lowest BCUT2D eigenvalue weighted by atomic mass is 9.74. The number of likely N-dealkylation sites (tertiary alicyclic amines) is 1. The quantitative estimate of drug-likeness (QED) is 0.533. The van der Waals surface area contributed by atoms with Gasteiger partial charge in [0.25, 0.3) is 0 Å². The van der Waals surface area contributed by atoms with Crippen LogP contribution in [0, 0.1) is 11.7 Å². The maximum absolute atomic E-state index is 13.8. The van der Waals surface area contributed by atoms with E-state index in [1.807, 2.05) is 4.90 Å². The fourth-order valence-electron chi connectivity index (χ4n) is 6.74. The molecular formula is C24H33F4N3O4. The van der Waals surface area contributed by atoms with Gasteiger partial charge in [-0.25, -0.2) is 4.39 Å². The van der Waals surface area contributed by atoms with E-state index in [1.165, 1.54) is 6.92 Å². The number of halogens is 4. The van der Waals surface area contributed by atoms with Crippen LogP contribution in [0.3, 0.4) is 0 Å². The molecule has 0 spiro atoms. The van der Waals surface area contributed by atoms with Crippen LogP contribution in [0.25, 0.3) is 0 Å². The Balaban J connectivity index is 1.41. The van der Waals surface area contributed by atoms with E-state index in [-0.39, 0.29) is 17.3 Å². The first-order valence-corrected chi connectivity index (χ1v) is 12.2. The van der Waals surface area contributed by atoms with Gasteiger partial charge in [-0.2, -0.15) is 13.2 Å². The number of benzene rings is 1. The molecule has 5 fully saturated rings. The van der Waals surface area contributed by atoms with E-state index in [1.54, 1.807) is 0 Å². The number of hydrogen-bond acceptors (Lipinski definition) is 7. The van der Waals surface area contributed by atoms with Crippen LogP contribution in [0.5, 0.6) is 0 Å². The van der Waals surface area contributed by atoms with Gasteiger partial charge in [-0.15, -0.1) is 0 Å². The highest BCUT2D eigenvalue weighted by atomic mass is 19.4. The molecule has 0 amide bonds. The molecule has 7 nitrogen and oxygen atoms in total. The van der Waals surface area contributed by atoms with Gasteiger partial charge in [0.1, 0.15) is 36.0 Å². The number of hydrogen-bond donors (Lipinski definition) is 3.